The van der Waals surface area contributed by atoms with Crippen molar-refractivity contribution in [1.29, 1.82) is 0 Å². The highest BCUT2D eigenvalue weighted by atomic mass is 32.2. The van der Waals surface area contributed by atoms with Crippen LogP contribution >= 0.6 is 0 Å². The first-order valence-corrected chi connectivity index (χ1v) is 9.90. The van der Waals surface area contributed by atoms with Crippen molar-refractivity contribution in [2.45, 2.75) is 11.4 Å². The van der Waals surface area contributed by atoms with Gasteiger partial charge in [0.15, 0.2) is 0 Å². The van der Waals surface area contributed by atoms with Gasteiger partial charge in [-0.15, -0.1) is 0 Å². The minimum atomic E-state index is -3.52. The van der Waals surface area contributed by atoms with Crippen LogP contribution in [0.5, 0.6) is 0 Å². The van der Waals surface area contributed by atoms with Gasteiger partial charge in [0.05, 0.1) is 23.5 Å². The van der Waals surface area contributed by atoms with Crippen molar-refractivity contribution < 1.29 is 17.9 Å². The van der Waals surface area contributed by atoms with E-state index in [-0.39, 0.29) is 11.5 Å². The van der Waals surface area contributed by atoms with Gasteiger partial charge in [0.25, 0.3) is 0 Å². The second-order valence-electron chi connectivity index (χ2n) is 6.20. The van der Waals surface area contributed by atoms with Gasteiger partial charge in [-0.1, -0.05) is 24.3 Å². The number of hydrogen-bond acceptors (Lipinski definition) is 6. The van der Waals surface area contributed by atoms with E-state index in [0.29, 0.717) is 18.7 Å². The zero-order chi connectivity index (χ0) is 19.4. The molecule has 8 heteroatoms. The summed E-state index contributed by atoms with van der Waals surface area (Å²) < 4.78 is 30.4. The van der Waals surface area contributed by atoms with E-state index in [1.54, 1.807) is 0 Å². The van der Waals surface area contributed by atoms with Crippen molar-refractivity contribution in [3.63, 3.8) is 0 Å². The number of ether oxygens (including phenoxy) is 1. The van der Waals surface area contributed by atoms with E-state index in [1.165, 1.54) is 43.9 Å². The highest BCUT2D eigenvalue weighted by Gasteiger charge is 2.18. The maximum Gasteiger partial charge on any atom is 0.338 e. The van der Waals surface area contributed by atoms with Crippen molar-refractivity contribution in [3.05, 3.63) is 65.2 Å². The Hall–Kier alpha value is -2.71. The number of benzene rings is 2. The molecule has 27 heavy (non-hydrogen) atoms. The molecule has 142 valence electrons. The van der Waals surface area contributed by atoms with Gasteiger partial charge < -0.3 is 10.1 Å². The smallest absolute Gasteiger partial charge is 0.338 e. The molecule has 0 bridgehead atoms. The van der Waals surface area contributed by atoms with E-state index in [4.69, 9.17) is 4.74 Å². The molecule has 7 nitrogen and oxygen atoms in total. The Labute approximate surface area is 158 Å². The van der Waals surface area contributed by atoms with Crippen molar-refractivity contribution in [1.82, 2.24) is 9.62 Å². The second-order valence-corrected chi connectivity index (χ2v) is 8.35. The highest BCUT2D eigenvalue weighted by Crippen LogP contribution is 2.17. The molecule has 0 spiro atoms. The molecule has 1 aliphatic heterocycles. The topological polar surface area (TPSA) is 88.1 Å². The number of rotatable bonds is 6. The van der Waals surface area contributed by atoms with Gasteiger partial charge in [0, 0.05) is 19.7 Å². The van der Waals surface area contributed by atoms with E-state index < -0.39 is 16.0 Å². The summed E-state index contributed by atoms with van der Waals surface area (Å²) in [5.74, 6) is 0.305. The number of carbonyl (C=O) groups is 1. The summed E-state index contributed by atoms with van der Waals surface area (Å²) in [5.41, 5.74) is 2.54. The number of esters is 1. The van der Waals surface area contributed by atoms with Crippen molar-refractivity contribution in [2.75, 3.05) is 27.2 Å². The Bertz CT molecular complexity index is 967. The fourth-order valence-corrected chi connectivity index (χ4v) is 3.56. The number of fused-ring (bicyclic) bond motifs is 1. The monoisotopic (exact) mass is 387 g/mol. The number of hydrogen-bond donors (Lipinski definition) is 1. The number of aliphatic imine (C=N–C) groups is 1. The molecule has 0 saturated heterocycles. The first-order chi connectivity index (χ1) is 12.9. The lowest BCUT2D eigenvalue weighted by atomic mass is 10.1. The number of amidine groups is 1. The quantitative estimate of drug-likeness (QED) is 0.601. The molecule has 1 heterocycles. The lowest BCUT2D eigenvalue weighted by molar-refractivity contribution is 0.0512. The molecule has 1 aliphatic rings. The minimum absolute atomic E-state index is 0.128. The van der Waals surface area contributed by atoms with E-state index in [9.17, 15) is 13.2 Å². The summed E-state index contributed by atoms with van der Waals surface area (Å²) in [7, 11) is -0.604. The van der Waals surface area contributed by atoms with Gasteiger partial charge in [-0.2, -0.15) is 0 Å². The molecule has 0 unspecified atom stereocenters. The third kappa shape index (κ3) is 4.17. The standard InChI is InChI=1S/C19H21N3O4S/c1-22(2)27(24,25)16-9-7-14(8-10-16)19(23)26-12-11-20-18-17-6-4-3-5-15(17)13-21-18/h3-10H,11-13H2,1-2H3,(H,20,21). The Morgan fingerprint density at radius 1 is 1.15 bits per heavy atom. The average molecular weight is 387 g/mol. The Morgan fingerprint density at radius 2 is 1.85 bits per heavy atom. The number of nitrogens with one attached hydrogen (secondary N) is 1. The summed E-state index contributed by atoms with van der Waals surface area (Å²) >= 11 is 0. The largest absolute Gasteiger partial charge is 0.460 e. The Morgan fingerprint density at radius 3 is 2.56 bits per heavy atom. The molecule has 0 radical (unpaired) electrons. The summed E-state index contributed by atoms with van der Waals surface area (Å²) in [6.45, 7) is 1.27. The first kappa shape index (κ1) is 19.1. The minimum Gasteiger partial charge on any atom is -0.460 e. The molecule has 0 fully saturated rings. The molecule has 2 aromatic rings. The molecular weight excluding hydrogens is 366 g/mol. The van der Waals surface area contributed by atoms with Crippen LogP contribution in [0.1, 0.15) is 21.5 Å². The highest BCUT2D eigenvalue weighted by molar-refractivity contribution is 7.89. The zero-order valence-electron chi connectivity index (χ0n) is 15.2. The first-order valence-electron chi connectivity index (χ1n) is 8.46. The third-order valence-corrected chi connectivity index (χ3v) is 6.01. The van der Waals surface area contributed by atoms with Gasteiger partial charge in [-0.25, -0.2) is 17.5 Å². The van der Waals surface area contributed by atoms with E-state index in [2.05, 4.69) is 10.3 Å². The average Bonchev–Trinajstić information content (AvgIpc) is 3.08. The van der Waals surface area contributed by atoms with Gasteiger partial charge in [-0.3, -0.25) is 4.99 Å². The van der Waals surface area contributed by atoms with Gasteiger partial charge >= 0.3 is 5.97 Å². The predicted octanol–water partition coefficient (Wildman–Crippen LogP) is 1.64. The molecule has 3 rings (SSSR count). The fraction of sp³-hybridized carbons (Fsp3) is 0.263. The molecule has 0 atom stereocenters. The third-order valence-electron chi connectivity index (χ3n) is 4.18. The van der Waals surface area contributed by atoms with E-state index >= 15 is 0 Å². The van der Waals surface area contributed by atoms with Crippen molar-refractivity contribution >= 4 is 21.8 Å². The number of sulfonamides is 1. The second kappa shape index (κ2) is 7.89. The van der Waals surface area contributed by atoms with Crippen LogP contribution in [0.3, 0.4) is 0 Å². The zero-order valence-corrected chi connectivity index (χ0v) is 16.0. The Balaban J connectivity index is 1.50. The van der Waals surface area contributed by atoms with Gasteiger partial charge in [-0.05, 0) is 29.8 Å². The Kier molecular flexibility index (Phi) is 5.57. The lowest BCUT2D eigenvalue weighted by Crippen LogP contribution is -2.28. The van der Waals surface area contributed by atoms with Crippen LogP contribution in [0.2, 0.25) is 0 Å². The van der Waals surface area contributed by atoms with Crippen LogP contribution in [-0.4, -0.2) is 51.8 Å². The van der Waals surface area contributed by atoms with Crippen LogP contribution < -0.4 is 5.32 Å². The van der Waals surface area contributed by atoms with E-state index in [1.807, 2.05) is 24.3 Å². The van der Waals surface area contributed by atoms with Crippen LogP contribution in [0, 0.1) is 0 Å². The molecule has 0 amide bonds. The summed E-state index contributed by atoms with van der Waals surface area (Å²) in [6.07, 6.45) is 0. The molecular formula is C19H21N3O4S. The van der Waals surface area contributed by atoms with Crippen LogP contribution in [0.15, 0.2) is 58.4 Å². The van der Waals surface area contributed by atoms with Gasteiger partial charge in [0.1, 0.15) is 12.4 Å². The molecule has 2 aromatic carbocycles. The maximum absolute atomic E-state index is 12.1. The number of carbonyl (C=O) groups excluding carboxylic acids is 1. The fourth-order valence-electron chi connectivity index (χ4n) is 2.66. The van der Waals surface area contributed by atoms with E-state index in [0.717, 1.165) is 15.7 Å². The molecule has 0 saturated carbocycles. The van der Waals surface area contributed by atoms with Crippen molar-refractivity contribution in [2.24, 2.45) is 4.99 Å². The molecule has 0 aromatic heterocycles. The molecule has 0 aliphatic carbocycles. The van der Waals surface area contributed by atoms with Crippen LogP contribution in [-0.2, 0) is 21.3 Å². The van der Waals surface area contributed by atoms with Crippen molar-refractivity contribution in [3.8, 4) is 0 Å². The molecule has 1 N–H and O–H groups in total. The predicted molar refractivity (Wildman–Crippen MR) is 102 cm³/mol. The summed E-state index contributed by atoms with van der Waals surface area (Å²) in [4.78, 5) is 16.7. The summed E-state index contributed by atoms with van der Waals surface area (Å²) in [5, 5.41) is 3.17. The number of nitrogens with zero attached hydrogens (tertiary/aromatic N) is 2. The van der Waals surface area contributed by atoms with Crippen LogP contribution in [0.4, 0.5) is 0 Å². The SMILES string of the molecule is CN(C)S(=O)(=O)c1ccc(C(=O)OCCNC2=NCc3ccccc32)cc1. The lowest BCUT2D eigenvalue weighted by Gasteiger charge is -2.12. The maximum atomic E-state index is 12.1. The normalized spacial score (nSPS) is 13.2. The van der Waals surface area contributed by atoms with Gasteiger partial charge in [0.2, 0.25) is 10.0 Å². The van der Waals surface area contributed by atoms with Crippen LogP contribution in [0.25, 0.3) is 0 Å². The summed E-state index contributed by atoms with van der Waals surface area (Å²) in [6, 6.07) is 13.7.